The summed E-state index contributed by atoms with van der Waals surface area (Å²) in [5, 5.41) is 11.5. The normalized spacial score (nSPS) is 17.6. The average Bonchev–Trinajstić information content (AvgIpc) is 3.19. The molecule has 2 rings (SSSR count). The number of aliphatic imine (C=N–C) groups is 1. The quantitative estimate of drug-likeness (QED) is 0.486. The van der Waals surface area contributed by atoms with Crippen molar-refractivity contribution in [3.8, 4) is 0 Å². The predicted octanol–water partition coefficient (Wildman–Crippen LogP) is 1.06. The lowest BCUT2D eigenvalue weighted by molar-refractivity contribution is -0.128. The Morgan fingerprint density at radius 2 is 2.12 bits per heavy atom. The molecule has 1 aromatic heterocycles. The van der Waals surface area contributed by atoms with E-state index in [1.54, 1.807) is 25.4 Å². The van der Waals surface area contributed by atoms with Crippen LogP contribution < -0.4 is 16.0 Å². The summed E-state index contributed by atoms with van der Waals surface area (Å²) < 4.78 is 5.49. The molecule has 0 bridgehead atoms. The number of thiophene rings is 1. The lowest BCUT2D eigenvalue weighted by Crippen LogP contribution is -2.49. The SMILES string of the molecule is CN=C(NCC(c1cccs1)N1CCOCC1)NCC(C)(C)C(=O)NC. The third-order valence-electron chi connectivity index (χ3n) is 4.58. The number of nitrogens with zero attached hydrogens (tertiary/aromatic N) is 2. The number of carbonyl (C=O) groups is 1. The summed E-state index contributed by atoms with van der Waals surface area (Å²) in [5.41, 5.74) is -0.510. The molecule has 1 atom stereocenters. The summed E-state index contributed by atoms with van der Waals surface area (Å²) in [7, 11) is 3.40. The molecule has 2 heterocycles. The van der Waals surface area contributed by atoms with E-state index in [4.69, 9.17) is 4.74 Å². The van der Waals surface area contributed by atoms with Gasteiger partial charge >= 0.3 is 0 Å². The molecule has 1 aliphatic rings. The molecule has 1 saturated heterocycles. The number of rotatable bonds is 7. The van der Waals surface area contributed by atoms with Gasteiger partial charge in [-0.3, -0.25) is 14.7 Å². The number of morpholine rings is 1. The molecule has 1 fully saturated rings. The number of ether oxygens (including phenoxy) is 1. The van der Waals surface area contributed by atoms with Gasteiger partial charge in [0.05, 0.1) is 24.7 Å². The highest BCUT2D eigenvalue weighted by Crippen LogP contribution is 2.25. The summed E-state index contributed by atoms with van der Waals surface area (Å²) in [5.74, 6) is 0.710. The van der Waals surface area contributed by atoms with E-state index in [1.165, 1.54) is 4.88 Å². The summed E-state index contributed by atoms with van der Waals surface area (Å²) in [4.78, 5) is 20.0. The van der Waals surface area contributed by atoms with E-state index in [-0.39, 0.29) is 11.9 Å². The van der Waals surface area contributed by atoms with Crippen LogP contribution in [0, 0.1) is 5.41 Å². The third kappa shape index (κ3) is 5.69. The van der Waals surface area contributed by atoms with Gasteiger partial charge in [-0.1, -0.05) is 6.07 Å². The Hall–Kier alpha value is -1.64. The van der Waals surface area contributed by atoms with Gasteiger partial charge in [0, 0.05) is 45.2 Å². The molecule has 1 unspecified atom stereocenters. The number of amides is 1. The minimum Gasteiger partial charge on any atom is -0.379 e. The molecule has 1 amide bonds. The highest BCUT2D eigenvalue weighted by Gasteiger charge is 2.27. The summed E-state index contributed by atoms with van der Waals surface area (Å²) in [6.07, 6.45) is 0. The van der Waals surface area contributed by atoms with Gasteiger partial charge < -0.3 is 20.7 Å². The Labute approximate surface area is 160 Å². The Kier molecular flexibility index (Phi) is 7.86. The van der Waals surface area contributed by atoms with Crippen molar-refractivity contribution in [3.63, 3.8) is 0 Å². The molecule has 7 nitrogen and oxygen atoms in total. The van der Waals surface area contributed by atoms with Gasteiger partial charge in [0.15, 0.2) is 5.96 Å². The highest BCUT2D eigenvalue weighted by atomic mass is 32.1. The lowest BCUT2D eigenvalue weighted by atomic mass is 9.92. The van der Waals surface area contributed by atoms with Gasteiger partial charge in [0.1, 0.15) is 0 Å². The molecule has 0 spiro atoms. The van der Waals surface area contributed by atoms with Gasteiger partial charge in [-0.15, -0.1) is 11.3 Å². The molecule has 1 aliphatic heterocycles. The van der Waals surface area contributed by atoms with Crippen molar-refractivity contribution >= 4 is 23.2 Å². The van der Waals surface area contributed by atoms with Crippen molar-refractivity contribution in [2.75, 3.05) is 53.5 Å². The molecule has 1 aromatic rings. The monoisotopic (exact) mass is 381 g/mol. The van der Waals surface area contributed by atoms with Crippen LogP contribution in [0.3, 0.4) is 0 Å². The van der Waals surface area contributed by atoms with Crippen molar-refractivity contribution < 1.29 is 9.53 Å². The van der Waals surface area contributed by atoms with E-state index >= 15 is 0 Å². The Morgan fingerprint density at radius 1 is 1.38 bits per heavy atom. The van der Waals surface area contributed by atoms with E-state index in [0.29, 0.717) is 12.5 Å². The second kappa shape index (κ2) is 9.89. The van der Waals surface area contributed by atoms with Crippen LogP contribution in [-0.4, -0.2) is 70.3 Å². The maximum absolute atomic E-state index is 11.9. The van der Waals surface area contributed by atoms with E-state index < -0.39 is 5.41 Å². The van der Waals surface area contributed by atoms with E-state index in [0.717, 1.165) is 32.8 Å². The molecular weight excluding hydrogens is 350 g/mol. The smallest absolute Gasteiger partial charge is 0.227 e. The molecule has 8 heteroatoms. The number of hydrogen-bond acceptors (Lipinski definition) is 5. The molecule has 0 saturated carbocycles. The predicted molar refractivity (Wildman–Crippen MR) is 107 cm³/mol. The number of carbonyl (C=O) groups excluding carboxylic acids is 1. The minimum absolute atomic E-state index is 0.00484. The van der Waals surface area contributed by atoms with Gasteiger partial charge in [-0.25, -0.2) is 0 Å². The second-order valence-electron chi connectivity index (χ2n) is 6.95. The van der Waals surface area contributed by atoms with Crippen LogP contribution in [-0.2, 0) is 9.53 Å². The van der Waals surface area contributed by atoms with Crippen LogP contribution in [0.25, 0.3) is 0 Å². The van der Waals surface area contributed by atoms with E-state index in [2.05, 4.69) is 43.4 Å². The van der Waals surface area contributed by atoms with Gasteiger partial charge in [0.2, 0.25) is 5.91 Å². The lowest BCUT2D eigenvalue weighted by Gasteiger charge is -2.34. The molecule has 3 N–H and O–H groups in total. The van der Waals surface area contributed by atoms with E-state index in [9.17, 15) is 4.79 Å². The van der Waals surface area contributed by atoms with Crippen LogP contribution in [0.4, 0.5) is 0 Å². The van der Waals surface area contributed by atoms with Crippen molar-refractivity contribution in [2.45, 2.75) is 19.9 Å². The average molecular weight is 382 g/mol. The Morgan fingerprint density at radius 3 is 2.69 bits per heavy atom. The maximum Gasteiger partial charge on any atom is 0.227 e. The topological polar surface area (TPSA) is 78.0 Å². The number of hydrogen-bond donors (Lipinski definition) is 3. The molecule has 146 valence electrons. The molecule has 26 heavy (non-hydrogen) atoms. The first kappa shape index (κ1) is 20.7. The van der Waals surface area contributed by atoms with Gasteiger partial charge in [-0.05, 0) is 25.3 Å². The Balaban J connectivity index is 1.94. The number of nitrogens with one attached hydrogen (secondary N) is 3. The zero-order valence-electron chi connectivity index (χ0n) is 16.2. The largest absolute Gasteiger partial charge is 0.379 e. The van der Waals surface area contributed by atoms with Crippen LogP contribution >= 0.6 is 11.3 Å². The maximum atomic E-state index is 11.9. The fourth-order valence-electron chi connectivity index (χ4n) is 2.92. The highest BCUT2D eigenvalue weighted by molar-refractivity contribution is 7.10. The third-order valence-corrected chi connectivity index (χ3v) is 5.56. The van der Waals surface area contributed by atoms with Crippen molar-refractivity contribution in [1.29, 1.82) is 0 Å². The standard InChI is InChI=1S/C18H31N5O2S/c1-18(2,16(24)19-3)13-22-17(20-4)21-12-14(15-6-5-11-26-15)23-7-9-25-10-8-23/h5-6,11,14H,7-10,12-13H2,1-4H3,(H,19,24)(H2,20,21,22). The fraction of sp³-hybridized carbons (Fsp3) is 0.667. The van der Waals surface area contributed by atoms with Crippen LogP contribution in [0.1, 0.15) is 24.8 Å². The summed E-state index contributed by atoms with van der Waals surface area (Å²) in [6.45, 7) is 8.49. The van der Waals surface area contributed by atoms with Crippen LogP contribution in [0.15, 0.2) is 22.5 Å². The number of guanidine groups is 1. The molecule has 0 aromatic carbocycles. The van der Waals surface area contributed by atoms with Crippen LogP contribution in [0.5, 0.6) is 0 Å². The fourth-order valence-corrected chi connectivity index (χ4v) is 3.78. The minimum atomic E-state index is -0.510. The van der Waals surface area contributed by atoms with Crippen LogP contribution in [0.2, 0.25) is 0 Å². The van der Waals surface area contributed by atoms with Crippen molar-refractivity contribution in [2.24, 2.45) is 10.4 Å². The summed E-state index contributed by atoms with van der Waals surface area (Å²) >= 11 is 1.77. The first-order chi connectivity index (χ1) is 12.5. The zero-order valence-corrected chi connectivity index (χ0v) is 17.0. The van der Waals surface area contributed by atoms with Crippen molar-refractivity contribution in [3.05, 3.63) is 22.4 Å². The van der Waals surface area contributed by atoms with E-state index in [1.807, 2.05) is 13.8 Å². The molecular formula is C18H31N5O2S. The van der Waals surface area contributed by atoms with Crippen molar-refractivity contribution in [1.82, 2.24) is 20.9 Å². The Bertz CT molecular complexity index is 582. The first-order valence-corrected chi connectivity index (χ1v) is 9.88. The van der Waals surface area contributed by atoms with Gasteiger partial charge in [-0.2, -0.15) is 0 Å². The molecule has 0 aliphatic carbocycles. The van der Waals surface area contributed by atoms with Gasteiger partial charge in [0.25, 0.3) is 0 Å². The second-order valence-corrected chi connectivity index (χ2v) is 7.93. The molecule has 0 radical (unpaired) electrons. The summed E-state index contributed by atoms with van der Waals surface area (Å²) in [6, 6.07) is 4.55. The first-order valence-electron chi connectivity index (χ1n) is 9.00. The zero-order chi connectivity index (χ0) is 19.0.